The van der Waals surface area contributed by atoms with E-state index in [4.69, 9.17) is 9.72 Å². The van der Waals surface area contributed by atoms with Gasteiger partial charge in [0.25, 0.3) is 11.9 Å². The summed E-state index contributed by atoms with van der Waals surface area (Å²) in [7, 11) is 0. The van der Waals surface area contributed by atoms with Gasteiger partial charge in [0.15, 0.2) is 0 Å². The van der Waals surface area contributed by atoms with E-state index in [1.165, 1.54) is 0 Å². The lowest BCUT2D eigenvalue weighted by molar-refractivity contribution is -0.142. The Hall–Kier alpha value is -3.07. The van der Waals surface area contributed by atoms with E-state index in [1.54, 1.807) is 35.3 Å². The minimum absolute atomic E-state index is 0.137. The van der Waals surface area contributed by atoms with Gasteiger partial charge in [0, 0.05) is 18.7 Å². The summed E-state index contributed by atoms with van der Waals surface area (Å²) < 4.78 is 6.57. The zero-order valence-corrected chi connectivity index (χ0v) is 17.7. The number of hydrogen-bond acceptors (Lipinski definition) is 7. The molecule has 0 bridgehead atoms. The predicted octanol–water partition coefficient (Wildman–Crippen LogP) is 3.26. The third-order valence-electron chi connectivity index (χ3n) is 4.84. The number of nitrogens with one attached hydrogen (secondary N) is 1. The maximum absolute atomic E-state index is 12.7. The number of amides is 1. The summed E-state index contributed by atoms with van der Waals surface area (Å²) in [5.41, 5.74) is 3.18. The van der Waals surface area contributed by atoms with Crippen LogP contribution in [0.15, 0.2) is 29.9 Å². The molecule has 0 spiro atoms. The van der Waals surface area contributed by atoms with Crippen molar-refractivity contribution >= 4 is 23.2 Å². The standard InChI is InChI=1S/C21H23N5O3S/c1-3-29-17(27)8-9-22-20(28)15-12-24-26(19(15)14-6-7-14)21-23-11-13(2)18(25-21)16-5-4-10-30-16/h4-5,10-12,14H,3,6-9H2,1-2H3,(H,22,28). The molecular formula is C21H23N5O3S. The first-order valence-electron chi connectivity index (χ1n) is 9.98. The van der Waals surface area contributed by atoms with Crippen molar-refractivity contribution in [2.24, 2.45) is 0 Å². The summed E-state index contributed by atoms with van der Waals surface area (Å²) in [5, 5.41) is 9.24. The van der Waals surface area contributed by atoms with Crippen molar-refractivity contribution in [1.29, 1.82) is 0 Å². The Morgan fingerprint density at radius 3 is 2.87 bits per heavy atom. The molecule has 1 N–H and O–H groups in total. The van der Waals surface area contributed by atoms with Crippen LogP contribution in [-0.4, -0.2) is 44.8 Å². The van der Waals surface area contributed by atoms with Crippen molar-refractivity contribution in [2.75, 3.05) is 13.2 Å². The van der Waals surface area contributed by atoms with E-state index in [0.29, 0.717) is 18.1 Å². The number of hydrogen-bond donors (Lipinski definition) is 1. The average Bonchev–Trinajstić information content (AvgIpc) is 3.24. The zero-order chi connectivity index (χ0) is 21.1. The number of ether oxygens (including phenoxy) is 1. The van der Waals surface area contributed by atoms with Gasteiger partial charge in [0.2, 0.25) is 0 Å². The molecule has 3 heterocycles. The maximum Gasteiger partial charge on any atom is 0.307 e. The molecule has 1 fully saturated rings. The molecule has 0 atom stereocenters. The van der Waals surface area contributed by atoms with Crippen LogP contribution in [0.3, 0.4) is 0 Å². The lowest BCUT2D eigenvalue weighted by Gasteiger charge is -2.10. The van der Waals surface area contributed by atoms with Crippen LogP contribution in [-0.2, 0) is 9.53 Å². The number of carbonyl (C=O) groups is 2. The lowest BCUT2D eigenvalue weighted by atomic mass is 10.1. The van der Waals surface area contributed by atoms with Gasteiger partial charge in [-0.25, -0.2) is 14.6 Å². The van der Waals surface area contributed by atoms with Gasteiger partial charge in [-0.2, -0.15) is 5.10 Å². The van der Waals surface area contributed by atoms with Crippen molar-refractivity contribution in [2.45, 2.75) is 39.0 Å². The van der Waals surface area contributed by atoms with Gasteiger partial charge < -0.3 is 10.1 Å². The number of thiophene rings is 1. The monoisotopic (exact) mass is 425 g/mol. The molecule has 3 aromatic heterocycles. The highest BCUT2D eigenvalue weighted by Gasteiger charge is 2.33. The van der Waals surface area contributed by atoms with E-state index in [0.717, 1.165) is 34.7 Å². The van der Waals surface area contributed by atoms with Gasteiger partial charge in [0.05, 0.1) is 41.1 Å². The normalized spacial score (nSPS) is 13.3. The van der Waals surface area contributed by atoms with Crippen molar-refractivity contribution in [3.63, 3.8) is 0 Å². The summed E-state index contributed by atoms with van der Waals surface area (Å²) in [6.07, 6.45) is 5.48. The highest BCUT2D eigenvalue weighted by Crippen LogP contribution is 2.42. The van der Waals surface area contributed by atoms with E-state index in [-0.39, 0.29) is 30.8 Å². The molecule has 1 amide bonds. The highest BCUT2D eigenvalue weighted by molar-refractivity contribution is 7.13. The van der Waals surface area contributed by atoms with E-state index in [9.17, 15) is 9.59 Å². The molecule has 156 valence electrons. The zero-order valence-electron chi connectivity index (χ0n) is 16.9. The van der Waals surface area contributed by atoms with Crippen LogP contribution >= 0.6 is 11.3 Å². The fraction of sp³-hybridized carbons (Fsp3) is 0.381. The summed E-state index contributed by atoms with van der Waals surface area (Å²) in [6.45, 7) is 4.28. The van der Waals surface area contributed by atoms with E-state index < -0.39 is 0 Å². The number of rotatable bonds is 8. The second kappa shape index (κ2) is 8.74. The van der Waals surface area contributed by atoms with Gasteiger partial charge in [-0.1, -0.05) is 6.07 Å². The number of aryl methyl sites for hydroxylation is 1. The number of nitrogens with zero attached hydrogens (tertiary/aromatic N) is 4. The molecule has 4 rings (SSSR count). The number of aromatic nitrogens is 4. The third-order valence-corrected chi connectivity index (χ3v) is 5.71. The minimum atomic E-state index is -0.329. The number of carbonyl (C=O) groups excluding carboxylic acids is 2. The second-order valence-corrected chi connectivity index (χ2v) is 8.07. The molecule has 1 aliphatic carbocycles. The predicted molar refractivity (Wildman–Crippen MR) is 113 cm³/mol. The fourth-order valence-corrected chi connectivity index (χ4v) is 4.02. The third kappa shape index (κ3) is 4.25. The van der Waals surface area contributed by atoms with Gasteiger partial charge >= 0.3 is 5.97 Å². The van der Waals surface area contributed by atoms with Crippen molar-refractivity contribution in [3.05, 3.63) is 46.7 Å². The Balaban J connectivity index is 1.59. The molecule has 8 nitrogen and oxygen atoms in total. The molecule has 0 unspecified atom stereocenters. The van der Waals surface area contributed by atoms with Crippen molar-refractivity contribution in [1.82, 2.24) is 25.1 Å². The number of esters is 1. The fourth-order valence-electron chi connectivity index (χ4n) is 3.25. The van der Waals surface area contributed by atoms with E-state index >= 15 is 0 Å². The highest BCUT2D eigenvalue weighted by atomic mass is 32.1. The van der Waals surface area contributed by atoms with Crippen LogP contribution in [0.25, 0.3) is 16.5 Å². The summed E-state index contributed by atoms with van der Waals surface area (Å²) >= 11 is 1.62. The first-order chi connectivity index (χ1) is 14.6. The second-order valence-electron chi connectivity index (χ2n) is 7.12. The smallest absolute Gasteiger partial charge is 0.307 e. The Morgan fingerprint density at radius 2 is 2.17 bits per heavy atom. The summed E-state index contributed by atoms with van der Waals surface area (Å²) in [6, 6.07) is 4.01. The molecule has 9 heteroatoms. The largest absolute Gasteiger partial charge is 0.466 e. The van der Waals surface area contributed by atoms with Crippen LogP contribution in [0.1, 0.15) is 53.7 Å². The van der Waals surface area contributed by atoms with Crippen LogP contribution in [0.2, 0.25) is 0 Å². The quantitative estimate of drug-likeness (QED) is 0.556. The van der Waals surface area contributed by atoms with Crippen LogP contribution < -0.4 is 5.32 Å². The molecule has 1 aliphatic rings. The Bertz CT molecular complexity index is 1060. The molecule has 0 radical (unpaired) electrons. The Morgan fingerprint density at radius 1 is 1.33 bits per heavy atom. The van der Waals surface area contributed by atoms with Gasteiger partial charge in [0.1, 0.15) is 0 Å². The topological polar surface area (TPSA) is 99.0 Å². The van der Waals surface area contributed by atoms with Crippen LogP contribution in [0.4, 0.5) is 0 Å². The average molecular weight is 426 g/mol. The van der Waals surface area contributed by atoms with Crippen molar-refractivity contribution in [3.8, 4) is 16.5 Å². The first kappa shape index (κ1) is 20.2. The molecule has 0 aromatic carbocycles. The molecule has 0 aliphatic heterocycles. The summed E-state index contributed by atoms with van der Waals surface area (Å²) in [5.74, 6) is 0.132. The Kier molecular flexibility index (Phi) is 5.89. The van der Waals surface area contributed by atoms with E-state index in [1.807, 2.05) is 24.4 Å². The van der Waals surface area contributed by atoms with Crippen LogP contribution in [0.5, 0.6) is 0 Å². The van der Waals surface area contributed by atoms with Gasteiger partial charge in [-0.05, 0) is 43.7 Å². The molecular weight excluding hydrogens is 402 g/mol. The van der Waals surface area contributed by atoms with Gasteiger partial charge in [-0.3, -0.25) is 9.59 Å². The molecule has 3 aromatic rings. The van der Waals surface area contributed by atoms with Gasteiger partial charge in [-0.15, -0.1) is 11.3 Å². The van der Waals surface area contributed by atoms with Crippen LogP contribution in [0, 0.1) is 6.92 Å². The maximum atomic E-state index is 12.7. The molecule has 30 heavy (non-hydrogen) atoms. The minimum Gasteiger partial charge on any atom is -0.466 e. The van der Waals surface area contributed by atoms with Crippen molar-refractivity contribution < 1.29 is 14.3 Å². The summed E-state index contributed by atoms with van der Waals surface area (Å²) in [4.78, 5) is 34.5. The first-order valence-corrected chi connectivity index (χ1v) is 10.9. The Labute approximate surface area is 178 Å². The SMILES string of the molecule is CCOC(=O)CCNC(=O)c1cnn(-c2ncc(C)c(-c3cccs3)n2)c1C1CC1. The lowest BCUT2D eigenvalue weighted by Crippen LogP contribution is -2.27. The molecule has 0 saturated heterocycles. The van der Waals surface area contributed by atoms with E-state index in [2.05, 4.69) is 15.4 Å². The molecule has 1 saturated carbocycles.